The van der Waals surface area contributed by atoms with Gasteiger partial charge in [0.05, 0.1) is 11.0 Å². The predicted octanol–water partition coefficient (Wildman–Crippen LogP) is 3.14. The Morgan fingerprint density at radius 3 is 2.65 bits per heavy atom. The zero-order valence-corrected chi connectivity index (χ0v) is 10.7. The minimum Gasteiger partial charge on any atom is -0.369 e. The molecule has 0 saturated heterocycles. The van der Waals surface area contributed by atoms with Gasteiger partial charge in [-0.15, -0.1) is 0 Å². The average Bonchev–Trinajstić information content (AvgIpc) is 2.71. The quantitative estimate of drug-likeness (QED) is 0.796. The van der Waals surface area contributed by atoms with Crippen molar-refractivity contribution in [1.82, 2.24) is 9.55 Å². The maximum Gasteiger partial charge on any atom is 0.201 e. The molecule has 1 aromatic heterocycles. The number of hydrogen-bond donors (Lipinski definition) is 1. The van der Waals surface area contributed by atoms with Crippen molar-refractivity contribution in [3.63, 3.8) is 0 Å². The number of nitrogen functional groups attached to an aromatic ring is 1. The van der Waals surface area contributed by atoms with Crippen LogP contribution in [0.5, 0.6) is 0 Å². The summed E-state index contributed by atoms with van der Waals surface area (Å²) in [6.45, 7) is 0.567. The lowest BCUT2D eigenvalue weighted by Gasteiger charge is -2.06. The van der Waals surface area contributed by atoms with Gasteiger partial charge in [0.2, 0.25) is 5.95 Å². The number of aryl methyl sites for hydroxylation is 2. The van der Waals surface area contributed by atoms with Crippen LogP contribution in [0, 0.1) is 11.6 Å². The van der Waals surface area contributed by atoms with Gasteiger partial charge in [0.15, 0.2) is 0 Å². The van der Waals surface area contributed by atoms with Crippen molar-refractivity contribution in [2.75, 3.05) is 5.73 Å². The Morgan fingerprint density at radius 1 is 1.05 bits per heavy atom. The van der Waals surface area contributed by atoms with E-state index in [9.17, 15) is 8.78 Å². The van der Waals surface area contributed by atoms with Crippen LogP contribution in [0.15, 0.2) is 42.5 Å². The fourth-order valence-corrected chi connectivity index (χ4v) is 2.29. The van der Waals surface area contributed by atoms with E-state index in [-0.39, 0.29) is 11.6 Å². The van der Waals surface area contributed by atoms with Gasteiger partial charge < -0.3 is 10.3 Å². The summed E-state index contributed by atoms with van der Waals surface area (Å²) in [6.07, 6.45) is 0.630. The number of hydrogen-bond acceptors (Lipinski definition) is 2. The summed E-state index contributed by atoms with van der Waals surface area (Å²) in [6, 6.07) is 10.8. The minimum atomic E-state index is -0.340. The van der Waals surface area contributed by atoms with E-state index < -0.39 is 0 Å². The Bertz CT molecular complexity index is 765. The second-order valence-corrected chi connectivity index (χ2v) is 4.63. The van der Waals surface area contributed by atoms with Gasteiger partial charge in [-0.05, 0) is 36.2 Å². The molecule has 0 fully saturated rings. The molecular formula is C15H13F2N3. The number of nitrogens with zero attached hydrogens (tertiary/aromatic N) is 2. The van der Waals surface area contributed by atoms with Crippen LogP contribution in [0.2, 0.25) is 0 Å². The van der Waals surface area contributed by atoms with Gasteiger partial charge in [0, 0.05) is 12.6 Å². The Morgan fingerprint density at radius 2 is 1.85 bits per heavy atom. The molecule has 0 radical (unpaired) electrons. The van der Waals surface area contributed by atoms with Crippen LogP contribution >= 0.6 is 0 Å². The third-order valence-corrected chi connectivity index (χ3v) is 3.25. The smallest absolute Gasteiger partial charge is 0.201 e. The molecule has 102 valence electrons. The van der Waals surface area contributed by atoms with Crippen LogP contribution in [0.1, 0.15) is 5.56 Å². The predicted molar refractivity (Wildman–Crippen MR) is 74.2 cm³/mol. The van der Waals surface area contributed by atoms with Crippen LogP contribution in [0.4, 0.5) is 14.7 Å². The maximum atomic E-state index is 13.1. The lowest BCUT2D eigenvalue weighted by atomic mass is 10.1. The third-order valence-electron chi connectivity index (χ3n) is 3.25. The first-order valence-corrected chi connectivity index (χ1v) is 6.29. The number of nitrogens with two attached hydrogens (primary N) is 1. The molecule has 0 aliphatic carbocycles. The second-order valence-electron chi connectivity index (χ2n) is 4.63. The van der Waals surface area contributed by atoms with E-state index >= 15 is 0 Å². The molecule has 20 heavy (non-hydrogen) atoms. The number of aromatic nitrogens is 2. The first kappa shape index (κ1) is 12.6. The molecule has 0 bridgehead atoms. The number of fused-ring (bicyclic) bond motifs is 1. The first-order valence-electron chi connectivity index (χ1n) is 6.29. The molecule has 0 unspecified atom stereocenters. The topological polar surface area (TPSA) is 43.8 Å². The van der Waals surface area contributed by atoms with Crippen molar-refractivity contribution in [3.05, 3.63) is 59.7 Å². The molecule has 0 saturated carbocycles. The average molecular weight is 273 g/mol. The normalized spacial score (nSPS) is 11.1. The summed E-state index contributed by atoms with van der Waals surface area (Å²) in [5, 5.41) is 0. The van der Waals surface area contributed by atoms with Gasteiger partial charge in [-0.3, -0.25) is 0 Å². The van der Waals surface area contributed by atoms with E-state index in [4.69, 9.17) is 5.73 Å². The number of halogens is 2. The summed E-state index contributed by atoms with van der Waals surface area (Å²) >= 11 is 0. The first-order chi connectivity index (χ1) is 9.63. The number of rotatable bonds is 3. The highest BCUT2D eigenvalue weighted by Gasteiger charge is 2.09. The van der Waals surface area contributed by atoms with E-state index in [1.165, 1.54) is 24.3 Å². The van der Waals surface area contributed by atoms with Gasteiger partial charge in [0.25, 0.3) is 0 Å². The molecule has 3 aromatic rings. The van der Waals surface area contributed by atoms with Crippen molar-refractivity contribution in [2.45, 2.75) is 13.0 Å². The fourth-order valence-electron chi connectivity index (χ4n) is 2.29. The Balaban J connectivity index is 1.89. The monoisotopic (exact) mass is 273 g/mol. The molecule has 1 heterocycles. The van der Waals surface area contributed by atoms with Crippen LogP contribution in [-0.2, 0) is 13.0 Å². The molecule has 5 heteroatoms. The van der Waals surface area contributed by atoms with Crippen molar-refractivity contribution >= 4 is 17.0 Å². The minimum absolute atomic E-state index is 0.256. The molecule has 0 spiro atoms. The lowest BCUT2D eigenvalue weighted by molar-refractivity contribution is 0.622. The van der Waals surface area contributed by atoms with Crippen LogP contribution in [-0.4, -0.2) is 9.55 Å². The summed E-state index contributed by atoms with van der Waals surface area (Å²) in [5.74, 6) is -0.262. The van der Waals surface area contributed by atoms with Gasteiger partial charge >= 0.3 is 0 Å². The van der Waals surface area contributed by atoms with E-state index in [1.807, 2.05) is 6.07 Å². The third kappa shape index (κ3) is 2.34. The standard InChI is InChI=1S/C15H13F2N3/c16-11-3-1-2-10(8-11)6-7-20-14-5-4-12(17)9-13(14)19-15(20)18/h1-5,8-9H,6-7H2,(H2,18,19). The van der Waals surface area contributed by atoms with Crippen LogP contribution in [0.3, 0.4) is 0 Å². The fraction of sp³-hybridized carbons (Fsp3) is 0.133. The largest absolute Gasteiger partial charge is 0.369 e. The lowest BCUT2D eigenvalue weighted by Crippen LogP contribution is -2.05. The van der Waals surface area contributed by atoms with Crippen molar-refractivity contribution in [2.24, 2.45) is 0 Å². The number of imidazole rings is 1. The summed E-state index contributed by atoms with van der Waals surface area (Å²) < 4.78 is 28.1. The highest BCUT2D eigenvalue weighted by molar-refractivity contribution is 5.78. The molecule has 2 aromatic carbocycles. The Kier molecular flexibility index (Phi) is 3.10. The second kappa shape index (κ2) is 4.92. The summed E-state index contributed by atoms with van der Waals surface area (Å²) in [4.78, 5) is 4.13. The van der Waals surface area contributed by atoms with Gasteiger partial charge in [-0.2, -0.15) is 0 Å². The maximum absolute atomic E-state index is 13.1. The van der Waals surface area contributed by atoms with Crippen molar-refractivity contribution in [3.8, 4) is 0 Å². The van der Waals surface area contributed by atoms with Gasteiger partial charge in [-0.1, -0.05) is 12.1 Å². The van der Waals surface area contributed by atoms with Crippen molar-refractivity contribution < 1.29 is 8.78 Å². The van der Waals surface area contributed by atoms with E-state index in [0.717, 1.165) is 11.1 Å². The number of anilines is 1. The zero-order chi connectivity index (χ0) is 14.1. The van der Waals surface area contributed by atoms with Crippen molar-refractivity contribution in [1.29, 1.82) is 0 Å². The zero-order valence-electron chi connectivity index (χ0n) is 10.7. The van der Waals surface area contributed by atoms with Crippen LogP contribution in [0.25, 0.3) is 11.0 Å². The van der Waals surface area contributed by atoms with Gasteiger partial charge in [0.1, 0.15) is 11.6 Å². The highest BCUT2D eigenvalue weighted by Crippen LogP contribution is 2.19. The molecule has 0 aliphatic heterocycles. The molecule has 3 nitrogen and oxygen atoms in total. The SMILES string of the molecule is Nc1nc2cc(F)ccc2n1CCc1cccc(F)c1. The molecule has 0 amide bonds. The molecule has 3 rings (SSSR count). The summed E-state index contributed by atoms with van der Waals surface area (Å²) in [7, 11) is 0. The van der Waals surface area contributed by atoms with Crippen LogP contribution < -0.4 is 5.73 Å². The summed E-state index contributed by atoms with van der Waals surface area (Å²) in [5.41, 5.74) is 8.04. The van der Waals surface area contributed by atoms with E-state index in [0.29, 0.717) is 24.4 Å². The molecule has 0 aliphatic rings. The Labute approximate surface area is 114 Å². The number of benzene rings is 2. The van der Waals surface area contributed by atoms with Gasteiger partial charge in [-0.25, -0.2) is 13.8 Å². The van der Waals surface area contributed by atoms with E-state index in [2.05, 4.69) is 4.98 Å². The molecular weight excluding hydrogens is 260 g/mol. The Hall–Kier alpha value is -2.43. The molecule has 2 N–H and O–H groups in total. The van der Waals surface area contributed by atoms with E-state index in [1.54, 1.807) is 16.7 Å². The highest BCUT2D eigenvalue weighted by atomic mass is 19.1. The molecule has 0 atom stereocenters.